The largest absolute Gasteiger partial charge is 0.477 e. The minimum Gasteiger partial charge on any atom is -0.477 e. The number of aromatic nitrogens is 2. The normalized spacial score (nSPS) is 15.0. The highest BCUT2D eigenvalue weighted by atomic mass is 19.1. The van der Waals surface area contributed by atoms with Gasteiger partial charge in [-0.05, 0) is 25.5 Å². The first-order valence-electron chi connectivity index (χ1n) is 10.3. The second-order valence-corrected chi connectivity index (χ2v) is 7.55. The average Bonchev–Trinajstić information content (AvgIpc) is 3.10. The molecule has 1 aliphatic rings. The number of nitrogen functional groups attached to an aromatic ring is 1. The Bertz CT molecular complexity index is 1250. The van der Waals surface area contributed by atoms with Gasteiger partial charge in [-0.3, -0.25) is 4.79 Å². The van der Waals surface area contributed by atoms with Gasteiger partial charge in [0.05, 0.1) is 16.6 Å². The minimum absolute atomic E-state index is 0.164. The minimum atomic E-state index is -1.39. The number of anilines is 3. The number of ether oxygens (including phenoxy) is 1. The standard InChI is InChI=1S/C22H24FN5O4/c1-3-9-27-11-13(22(30)31)20(29)15-17(24)16(23)19-21(18(15)27)32-12(2)28(19)10-8-26-14-6-4-5-7-25-14/h4-7,11-12H,3,8-10,24H2,1-2H3,(H,25,26)(H,30,31). The number of nitrogens with one attached hydrogen (secondary N) is 1. The summed E-state index contributed by atoms with van der Waals surface area (Å²) >= 11 is 0. The van der Waals surface area contributed by atoms with Crippen molar-refractivity contribution in [2.24, 2.45) is 0 Å². The molecule has 0 fully saturated rings. The maximum atomic E-state index is 15.5. The van der Waals surface area contributed by atoms with E-state index in [-0.39, 0.29) is 22.5 Å². The molecule has 0 saturated heterocycles. The number of nitrogens with zero attached hydrogens (tertiary/aromatic N) is 3. The SMILES string of the molecule is CCCn1cc(C(=O)O)c(=O)c2c(N)c(F)c3c(c21)OC(C)N3CCNc1ccccn1. The number of aromatic carboxylic acids is 1. The van der Waals surface area contributed by atoms with Gasteiger partial charge in [-0.15, -0.1) is 0 Å². The number of nitrogens with two attached hydrogens (primary N) is 1. The predicted octanol–water partition coefficient (Wildman–Crippen LogP) is 2.88. The summed E-state index contributed by atoms with van der Waals surface area (Å²) in [6, 6.07) is 5.50. The zero-order chi connectivity index (χ0) is 23.0. The van der Waals surface area contributed by atoms with Crippen LogP contribution in [0.15, 0.2) is 35.4 Å². The van der Waals surface area contributed by atoms with Crippen LogP contribution in [0.5, 0.6) is 5.75 Å². The van der Waals surface area contributed by atoms with Gasteiger partial charge < -0.3 is 30.4 Å². The number of benzene rings is 1. The van der Waals surface area contributed by atoms with E-state index in [1.807, 2.05) is 25.1 Å². The number of aryl methyl sites for hydroxylation is 1. The number of hydrogen-bond acceptors (Lipinski definition) is 7. The zero-order valence-electron chi connectivity index (χ0n) is 17.8. The van der Waals surface area contributed by atoms with Crippen molar-refractivity contribution in [1.29, 1.82) is 0 Å². The lowest BCUT2D eigenvalue weighted by Crippen LogP contribution is -2.36. The van der Waals surface area contributed by atoms with E-state index >= 15 is 4.39 Å². The maximum Gasteiger partial charge on any atom is 0.341 e. The molecule has 4 N–H and O–H groups in total. The van der Waals surface area contributed by atoms with Crippen LogP contribution in [0.4, 0.5) is 21.6 Å². The van der Waals surface area contributed by atoms with Gasteiger partial charge in [-0.25, -0.2) is 14.2 Å². The van der Waals surface area contributed by atoms with Crippen LogP contribution < -0.4 is 26.1 Å². The monoisotopic (exact) mass is 441 g/mol. The van der Waals surface area contributed by atoms with Crippen molar-refractivity contribution in [3.8, 4) is 5.75 Å². The highest BCUT2D eigenvalue weighted by molar-refractivity contribution is 6.03. The average molecular weight is 441 g/mol. The molecule has 1 aromatic carbocycles. The number of carbonyl (C=O) groups is 1. The van der Waals surface area contributed by atoms with Crippen LogP contribution in [0, 0.1) is 5.82 Å². The van der Waals surface area contributed by atoms with Gasteiger partial charge in [0.25, 0.3) is 0 Å². The molecule has 1 atom stereocenters. The molecule has 3 aromatic rings. The summed E-state index contributed by atoms with van der Waals surface area (Å²) in [5.74, 6) is -1.30. The van der Waals surface area contributed by atoms with E-state index in [0.29, 0.717) is 37.4 Å². The van der Waals surface area contributed by atoms with Gasteiger partial charge in [-0.2, -0.15) is 0 Å². The van der Waals surface area contributed by atoms with Gasteiger partial charge in [0, 0.05) is 32.0 Å². The third-order valence-corrected chi connectivity index (χ3v) is 5.46. The number of carboxylic acids is 1. The van der Waals surface area contributed by atoms with E-state index in [9.17, 15) is 14.7 Å². The fourth-order valence-corrected chi connectivity index (χ4v) is 4.03. The number of halogens is 1. The maximum absolute atomic E-state index is 15.5. The molecule has 4 rings (SSSR count). The van der Waals surface area contributed by atoms with Gasteiger partial charge in [0.2, 0.25) is 5.43 Å². The summed E-state index contributed by atoms with van der Waals surface area (Å²) < 4.78 is 23.1. The summed E-state index contributed by atoms with van der Waals surface area (Å²) in [6.45, 7) is 4.94. The number of fused-ring (bicyclic) bond motifs is 3. The topological polar surface area (TPSA) is 123 Å². The Hall–Kier alpha value is -3.82. The lowest BCUT2D eigenvalue weighted by molar-refractivity contribution is 0.0694. The lowest BCUT2D eigenvalue weighted by Gasteiger charge is -2.23. The smallest absolute Gasteiger partial charge is 0.341 e. The summed E-state index contributed by atoms with van der Waals surface area (Å²) in [5, 5.41) is 12.4. The second-order valence-electron chi connectivity index (χ2n) is 7.55. The van der Waals surface area contributed by atoms with Crippen LogP contribution >= 0.6 is 0 Å². The van der Waals surface area contributed by atoms with Gasteiger partial charge >= 0.3 is 5.97 Å². The molecule has 0 saturated carbocycles. The first kappa shape index (κ1) is 21.4. The first-order valence-corrected chi connectivity index (χ1v) is 10.3. The second kappa shape index (κ2) is 8.37. The van der Waals surface area contributed by atoms with Crippen molar-refractivity contribution in [3.63, 3.8) is 0 Å². The number of pyridine rings is 2. The summed E-state index contributed by atoms with van der Waals surface area (Å²) in [5.41, 5.74) is 4.87. The van der Waals surface area contributed by atoms with Crippen LogP contribution in [0.25, 0.3) is 10.9 Å². The van der Waals surface area contributed by atoms with Gasteiger partial charge in [0.1, 0.15) is 17.1 Å². The molecular formula is C22H24FN5O4. The van der Waals surface area contributed by atoms with Crippen LogP contribution in [-0.4, -0.2) is 39.9 Å². The van der Waals surface area contributed by atoms with E-state index in [4.69, 9.17) is 10.5 Å². The third-order valence-electron chi connectivity index (χ3n) is 5.46. The molecule has 0 radical (unpaired) electrons. The van der Waals surface area contributed by atoms with E-state index in [0.717, 1.165) is 0 Å². The van der Waals surface area contributed by atoms with E-state index in [2.05, 4.69) is 10.3 Å². The fourth-order valence-electron chi connectivity index (χ4n) is 4.03. The molecule has 0 amide bonds. The molecule has 10 heteroatoms. The Morgan fingerprint density at radius 3 is 2.81 bits per heavy atom. The predicted molar refractivity (Wildman–Crippen MR) is 120 cm³/mol. The van der Waals surface area contributed by atoms with Crippen molar-refractivity contribution < 1.29 is 19.0 Å². The molecule has 0 aliphatic carbocycles. The summed E-state index contributed by atoms with van der Waals surface area (Å²) in [7, 11) is 0. The Balaban J connectivity index is 1.82. The molecule has 2 aromatic heterocycles. The van der Waals surface area contributed by atoms with Gasteiger partial charge in [-0.1, -0.05) is 13.0 Å². The van der Waals surface area contributed by atoms with E-state index in [1.165, 1.54) is 6.20 Å². The number of rotatable bonds is 7. The van der Waals surface area contributed by atoms with Crippen molar-refractivity contribution >= 4 is 34.1 Å². The first-order chi connectivity index (χ1) is 15.3. The molecule has 3 heterocycles. The number of hydrogen-bond donors (Lipinski definition) is 3. The summed E-state index contributed by atoms with van der Waals surface area (Å²) in [6.07, 6.45) is 3.09. The van der Waals surface area contributed by atoms with Crippen molar-refractivity contribution in [1.82, 2.24) is 9.55 Å². The zero-order valence-corrected chi connectivity index (χ0v) is 17.8. The molecule has 9 nitrogen and oxygen atoms in total. The number of carboxylic acid groups (broad SMARTS) is 1. The van der Waals surface area contributed by atoms with Crippen LogP contribution in [0.3, 0.4) is 0 Å². The molecular weight excluding hydrogens is 417 g/mol. The quantitative estimate of drug-likeness (QED) is 0.479. The molecule has 0 bridgehead atoms. The Kier molecular flexibility index (Phi) is 5.60. The Morgan fingerprint density at radius 2 is 2.16 bits per heavy atom. The highest BCUT2D eigenvalue weighted by Gasteiger charge is 2.36. The van der Waals surface area contributed by atoms with E-state index in [1.54, 1.807) is 22.6 Å². The third kappa shape index (κ3) is 3.47. The highest BCUT2D eigenvalue weighted by Crippen LogP contribution is 2.47. The van der Waals surface area contributed by atoms with Gasteiger partial charge in [0.15, 0.2) is 17.8 Å². The van der Waals surface area contributed by atoms with Crippen LogP contribution in [-0.2, 0) is 6.54 Å². The van der Waals surface area contributed by atoms with Crippen molar-refractivity contribution in [2.75, 3.05) is 29.0 Å². The fraction of sp³-hybridized carbons (Fsp3) is 0.318. The van der Waals surface area contributed by atoms with Crippen molar-refractivity contribution in [3.05, 3.63) is 52.2 Å². The van der Waals surface area contributed by atoms with Crippen molar-refractivity contribution in [2.45, 2.75) is 33.0 Å². The molecule has 0 spiro atoms. The lowest BCUT2D eigenvalue weighted by atomic mass is 10.1. The van der Waals surface area contributed by atoms with E-state index < -0.39 is 29.0 Å². The molecule has 168 valence electrons. The molecule has 1 unspecified atom stereocenters. The van der Waals surface area contributed by atoms with Crippen LogP contribution in [0.2, 0.25) is 0 Å². The molecule has 32 heavy (non-hydrogen) atoms. The summed E-state index contributed by atoms with van der Waals surface area (Å²) in [4.78, 5) is 30.4. The molecule has 1 aliphatic heterocycles. The Morgan fingerprint density at radius 1 is 1.38 bits per heavy atom. The Labute approximate surface area is 183 Å². The van der Waals surface area contributed by atoms with Crippen LogP contribution in [0.1, 0.15) is 30.6 Å².